The zero-order valence-electron chi connectivity index (χ0n) is 7.25. The van der Waals surface area contributed by atoms with Crippen LogP contribution >= 0.6 is 0 Å². The van der Waals surface area contributed by atoms with Crippen molar-refractivity contribution >= 4 is 5.69 Å². The van der Waals surface area contributed by atoms with Gasteiger partial charge in [0, 0.05) is 6.42 Å². The molecule has 0 bridgehead atoms. The van der Waals surface area contributed by atoms with Gasteiger partial charge in [-0.05, 0) is 25.7 Å². The Morgan fingerprint density at radius 1 is 1.58 bits per heavy atom. The normalized spacial score (nSPS) is 16.4. The van der Waals surface area contributed by atoms with E-state index in [1.165, 1.54) is 12.8 Å². The smallest absolute Gasteiger partial charge is 0.128 e. The van der Waals surface area contributed by atoms with Gasteiger partial charge in [0.25, 0.3) is 0 Å². The molecule has 0 amide bonds. The third-order valence-corrected chi connectivity index (χ3v) is 2.24. The van der Waals surface area contributed by atoms with E-state index >= 15 is 0 Å². The van der Waals surface area contributed by atoms with Crippen molar-refractivity contribution in [2.45, 2.75) is 26.2 Å². The Kier molecular flexibility index (Phi) is 1.71. The molecule has 0 atom stereocenters. The minimum Gasteiger partial charge on any atom is -0.396 e. The highest BCUT2D eigenvalue weighted by Crippen LogP contribution is 2.31. The molecule has 0 spiro atoms. The zero-order valence-corrected chi connectivity index (χ0v) is 7.25. The molecule has 1 aliphatic carbocycles. The molecule has 1 saturated carbocycles. The summed E-state index contributed by atoms with van der Waals surface area (Å²) >= 11 is 0. The van der Waals surface area contributed by atoms with Crippen LogP contribution in [0.15, 0.2) is 6.20 Å². The van der Waals surface area contributed by atoms with Crippen LogP contribution in [0.2, 0.25) is 0 Å². The number of rotatable bonds is 2. The minimum atomic E-state index is 0.689. The van der Waals surface area contributed by atoms with E-state index in [9.17, 15) is 0 Å². The first-order valence-electron chi connectivity index (χ1n) is 4.33. The SMILES string of the molecule is Cc1nc(CC2CC2)ncc1N. The average Bonchev–Trinajstić information content (AvgIpc) is 2.81. The Labute approximate surface area is 72.0 Å². The van der Waals surface area contributed by atoms with Crippen molar-refractivity contribution < 1.29 is 0 Å². The summed E-state index contributed by atoms with van der Waals surface area (Å²) in [6.07, 6.45) is 5.42. The molecule has 1 aromatic rings. The van der Waals surface area contributed by atoms with Gasteiger partial charge >= 0.3 is 0 Å². The van der Waals surface area contributed by atoms with Gasteiger partial charge in [0.15, 0.2) is 0 Å². The van der Waals surface area contributed by atoms with Crippen LogP contribution < -0.4 is 5.73 Å². The zero-order chi connectivity index (χ0) is 8.55. The number of hydrogen-bond acceptors (Lipinski definition) is 3. The maximum atomic E-state index is 5.61. The summed E-state index contributed by atoms with van der Waals surface area (Å²) in [4.78, 5) is 8.50. The Morgan fingerprint density at radius 2 is 2.33 bits per heavy atom. The van der Waals surface area contributed by atoms with Crippen LogP contribution in [0.4, 0.5) is 5.69 Å². The van der Waals surface area contributed by atoms with Crippen LogP contribution in [0.3, 0.4) is 0 Å². The monoisotopic (exact) mass is 163 g/mol. The number of nitrogens with two attached hydrogens (primary N) is 1. The molecular weight excluding hydrogens is 150 g/mol. The van der Waals surface area contributed by atoms with E-state index < -0.39 is 0 Å². The maximum Gasteiger partial charge on any atom is 0.128 e. The molecular formula is C9H13N3. The molecule has 2 N–H and O–H groups in total. The number of anilines is 1. The predicted octanol–water partition coefficient (Wildman–Crippen LogP) is 1.32. The summed E-state index contributed by atoms with van der Waals surface area (Å²) in [7, 11) is 0. The third kappa shape index (κ3) is 1.55. The summed E-state index contributed by atoms with van der Waals surface area (Å²) in [5, 5.41) is 0. The summed E-state index contributed by atoms with van der Waals surface area (Å²) < 4.78 is 0. The molecule has 0 radical (unpaired) electrons. The summed E-state index contributed by atoms with van der Waals surface area (Å²) in [6.45, 7) is 1.92. The number of nitrogen functional groups attached to an aromatic ring is 1. The number of aromatic nitrogens is 2. The van der Waals surface area contributed by atoms with E-state index in [1.54, 1.807) is 6.20 Å². The van der Waals surface area contributed by atoms with Crippen LogP contribution in [0.25, 0.3) is 0 Å². The first-order chi connectivity index (χ1) is 5.75. The second-order valence-electron chi connectivity index (χ2n) is 3.47. The lowest BCUT2D eigenvalue weighted by molar-refractivity contribution is 0.765. The lowest BCUT2D eigenvalue weighted by Gasteiger charge is -2.01. The fourth-order valence-electron chi connectivity index (χ4n) is 1.20. The van der Waals surface area contributed by atoms with E-state index in [0.29, 0.717) is 5.69 Å². The van der Waals surface area contributed by atoms with E-state index in [0.717, 1.165) is 23.9 Å². The fourth-order valence-corrected chi connectivity index (χ4v) is 1.20. The molecule has 0 unspecified atom stereocenters. The first kappa shape index (κ1) is 7.53. The van der Waals surface area contributed by atoms with Gasteiger partial charge < -0.3 is 5.73 Å². The van der Waals surface area contributed by atoms with Crippen molar-refractivity contribution in [3.05, 3.63) is 17.7 Å². The maximum absolute atomic E-state index is 5.61. The molecule has 12 heavy (non-hydrogen) atoms. The second-order valence-corrected chi connectivity index (χ2v) is 3.47. The molecule has 1 aromatic heterocycles. The van der Waals surface area contributed by atoms with Crippen molar-refractivity contribution in [2.24, 2.45) is 5.92 Å². The predicted molar refractivity (Wildman–Crippen MR) is 47.6 cm³/mol. The molecule has 0 aromatic carbocycles. The van der Waals surface area contributed by atoms with Gasteiger partial charge in [-0.2, -0.15) is 0 Å². The van der Waals surface area contributed by atoms with Crippen molar-refractivity contribution in [3.63, 3.8) is 0 Å². The molecule has 1 aliphatic rings. The van der Waals surface area contributed by atoms with Crippen molar-refractivity contribution in [1.29, 1.82) is 0 Å². The molecule has 0 saturated heterocycles. The average molecular weight is 163 g/mol. The quantitative estimate of drug-likeness (QED) is 0.715. The Hall–Kier alpha value is -1.12. The van der Waals surface area contributed by atoms with E-state index in [2.05, 4.69) is 9.97 Å². The fraction of sp³-hybridized carbons (Fsp3) is 0.556. The molecule has 2 rings (SSSR count). The van der Waals surface area contributed by atoms with Crippen molar-refractivity contribution in [1.82, 2.24) is 9.97 Å². The summed E-state index contributed by atoms with van der Waals surface area (Å²) in [5.41, 5.74) is 7.20. The second kappa shape index (κ2) is 2.73. The topological polar surface area (TPSA) is 51.8 Å². The Balaban J connectivity index is 2.15. The van der Waals surface area contributed by atoms with E-state index in [-0.39, 0.29) is 0 Å². The lowest BCUT2D eigenvalue weighted by Crippen LogP contribution is -2.01. The third-order valence-electron chi connectivity index (χ3n) is 2.24. The molecule has 1 heterocycles. The van der Waals surface area contributed by atoms with Crippen molar-refractivity contribution in [3.8, 4) is 0 Å². The van der Waals surface area contributed by atoms with Gasteiger partial charge in [-0.15, -0.1) is 0 Å². The molecule has 1 fully saturated rings. The largest absolute Gasteiger partial charge is 0.396 e. The minimum absolute atomic E-state index is 0.689. The van der Waals surface area contributed by atoms with Gasteiger partial charge in [-0.3, -0.25) is 0 Å². The van der Waals surface area contributed by atoms with Crippen LogP contribution in [0, 0.1) is 12.8 Å². The summed E-state index contributed by atoms with van der Waals surface area (Å²) in [6, 6.07) is 0. The van der Waals surface area contributed by atoms with E-state index in [1.807, 2.05) is 6.92 Å². The molecule has 0 aliphatic heterocycles. The standard InChI is InChI=1S/C9H13N3/c1-6-8(10)5-11-9(12-6)4-7-2-3-7/h5,7H,2-4,10H2,1H3. The highest BCUT2D eigenvalue weighted by Gasteiger charge is 2.22. The van der Waals surface area contributed by atoms with Gasteiger partial charge in [0.2, 0.25) is 0 Å². The van der Waals surface area contributed by atoms with Crippen LogP contribution in [-0.4, -0.2) is 9.97 Å². The highest BCUT2D eigenvalue weighted by atomic mass is 14.9. The number of nitrogens with zero attached hydrogens (tertiary/aromatic N) is 2. The Bertz CT molecular complexity index is 292. The lowest BCUT2D eigenvalue weighted by atomic mass is 10.2. The van der Waals surface area contributed by atoms with Crippen LogP contribution in [0.1, 0.15) is 24.4 Å². The van der Waals surface area contributed by atoms with Crippen molar-refractivity contribution in [2.75, 3.05) is 5.73 Å². The van der Waals surface area contributed by atoms with Gasteiger partial charge in [-0.25, -0.2) is 9.97 Å². The number of hydrogen-bond donors (Lipinski definition) is 1. The van der Waals surface area contributed by atoms with Gasteiger partial charge in [0.1, 0.15) is 5.82 Å². The van der Waals surface area contributed by atoms with Gasteiger partial charge in [0.05, 0.1) is 17.6 Å². The number of aryl methyl sites for hydroxylation is 1. The van der Waals surface area contributed by atoms with Crippen LogP contribution in [0.5, 0.6) is 0 Å². The Morgan fingerprint density at radius 3 is 2.92 bits per heavy atom. The summed E-state index contributed by atoms with van der Waals surface area (Å²) in [5.74, 6) is 1.79. The first-order valence-corrected chi connectivity index (χ1v) is 4.33. The highest BCUT2D eigenvalue weighted by molar-refractivity contribution is 5.38. The van der Waals surface area contributed by atoms with E-state index in [4.69, 9.17) is 5.73 Å². The molecule has 64 valence electrons. The molecule has 3 nitrogen and oxygen atoms in total. The molecule has 3 heteroatoms. The van der Waals surface area contributed by atoms with Crippen LogP contribution in [-0.2, 0) is 6.42 Å². The van der Waals surface area contributed by atoms with Gasteiger partial charge in [-0.1, -0.05) is 0 Å².